The number of rotatable bonds is 8. The summed E-state index contributed by atoms with van der Waals surface area (Å²) in [5.41, 5.74) is 0. The molecule has 2 atom stereocenters. The van der Waals surface area contributed by atoms with Crippen molar-refractivity contribution in [3.63, 3.8) is 0 Å². The van der Waals surface area contributed by atoms with E-state index in [0.717, 1.165) is 19.6 Å². The molecule has 0 amide bonds. The van der Waals surface area contributed by atoms with Crippen LogP contribution in [0.4, 0.5) is 0 Å². The number of ether oxygens (including phenoxy) is 2. The molecule has 3 heteroatoms. The first-order chi connectivity index (χ1) is 6.24. The van der Waals surface area contributed by atoms with Gasteiger partial charge in [-0.05, 0) is 27.3 Å². The highest BCUT2D eigenvalue weighted by atomic mass is 16.5. The first kappa shape index (κ1) is 12.9. The van der Waals surface area contributed by atoms with Gasteiger partial charge in [-0.3, -0.25) is 0 Å². The largest absolute Gasteiger partial charge is 0.379 e. The lowest BCUT2D eigenvalue weighted by Crippen LogP contribution is -2.31. The summed E-state index contributed by atoms with van der Waals surface area (Å²) >= 11 is 0. The van der Waals surface area contributed by atoms with Gasteiger partial charge in [0, 0.05) is 13.2 Å². The predicted molar refractivity (Wildman–Crippen MR) is 55.0 cm³/mol. The lowest BCUT2D eigenvalue weighted by Gasteiger charge is -2.20. The van der Waals surface area contributed by atoms with Gasteiger partial charge in [0.05, 0.1) is 18.8 Å². The maximum Gasteiger partial charge on any atom is 0.0784 e. The lowest BCUT2D eigenvalue weighted by atomic mass is 10.2. The average molecular weight is 189 g/mol. The molecule has 1 N–H and O–H groups in total. The summed E-state index contributed by atoms with van der Waals surface area (Å²) in [6, 6.07) is 0. The summed E-state index contributed by atoms with van der Waals surface area (Å²) in [6.45, 7) is 8.54. The molecule has 0 rings (SSSR count). The van der Waals surface area contributed by atoms with E-state index in [1.165, 1.54) is 0 Å². The van der Waals surface area contributed by atoms with Gasteiger partial charge >= 0.3 is 0 Å². The van der Waals surface area contributed by atoms with Gasteiger partial charge in [-0.25, -0.2) is 0 Å². The van der Waals surface area contributed by atoms with Crippen LogP contribution < -0.4 is 5.32 Å². The van der Waals surface area contributed by atoms with E-state index < -0.39 is 0 Å². The van der Waals surface area contributed by atoms with Crippen LogP contribution in [0.5, 0.6) is 0 Å². The molecule has 0 aliphatic heterocycles. The normalized spacial score (nSPS) is 15.7. The summed E-state index contributed by atoms with van der Waals surface area (Å²) in [5, 5.41) is 3.11. The van der Waals surface area contributed by atoms with Crippen molar-refractivity contribution >= 4 is 0 Å². The molecule has 0 bridgehead atoms. The van der Waals surface area contributed by atoms with Crippen LogP contribution in [0.25, 0.3) is 0 Å². The van der Waals surface area contributed by atoms with Crippen LogP contribution in [-0.2, 0) is 9.47 Å². The van der Waals surface area contributed by atoms with Crippen LogP contribution in [0.15, 0.2) is 0 Å². The van der Waals surface area contributed by atoms with Crippen molar-refractivity contribution in [1.82, 2.24) is 5.32 Å². The molecule has 0 aromatic rings. The maximum absolute atomic E-state index is 5.75. The zero-order valence-electron chi connectivity index (χ0n) is 9.30. The van der Waals surface area contributed by atoms with Crippen molar-refractivity contribution in [2.24, 2.45) is 0 Å². The second-order valence-electron chi connectivity index (χ2n) is 3.19. The number of likely N-dealkylation sites (N-methyl/N-ethyl adjacent to an activating group) is 1. The lowest BCUT2D eigenvalue weighted by molar-refractivity contribution is -0.0458. The molecule has 0 heterocycles. The van der Waals surface area contributed by atoms with Crippen LogP contribution in [0.2, 0.25) is 0 Å². The Morgan fingerprint density at radius 1 is 1.31 bits per heavy atom. The number of nitrogens with one attached hydrogen (secondary N) is 1. The second kappa shape index (κ2) is 8.48. The first-order valence-corrected chi connectivity index (χ1v) is 5.12. The highest BCUT2D eigenvalue weighted by Gasteiger charge is 2.10. The number of hydrogen-bond donors (Lipinski definition) is 1. The molecule has 0 saturated carbocycles. The highest BCUT2D eigenvalue weighted by molar-refractivity contribution is 4.60. The smallest absolute Gasteiger partial charge is 0.0784 e. The van der Waals surface area contributed by atoms with Crippen molar-refractivity contribution in [1.29, 1.82) is 0 Å². The van der Waals surface area contributed by atoms with E-state index in [2.05, 4.69) is 12.2 Å². The molecule has 0 radical (unpaired) electrons. The molecule has 0 aliphatic rings. The minimum atomic E-state index is 0.193. The fourth-order valence-electron chi connectivity index (χ4n) is 1.17. The van der Waals surface area contributed by atoms with Crippen LogP contribution in [0, 0.1) is 0 Å². The Kier molecular flexibility index (Phi) is 8.40. The molecule has 0 fully saturated rings. The SMILES string of the molecule is CCOCC(C)OC(CC)CNC. The van der Waals surface area contributed by atoms with Crippen molar-refractivity contribution < 1.29 is 9.47 Å². The molecule has 13 heavy (non-hydrogen) atoms. The third-order valence-electron chi connectivity index (χ3n) is 1.87. The van der Waals surface area contributed by atoms with Gasteiger partial charge in [0.15, 0.2) is 0 Å². The molecular weight excluding hydrogens is 166 g/mol. The predicted octanol–water partition coefficient (Wildman–Crippen LogP) is 1.43. The van der Waals surface area contributed by atoms with E-state index in [1.807, 2.05) is 20.9 Å². The zero-order valence-corrected chi connectivity index (χ0v) is 9.30. The quantitative estimate of drug-likeness (QED) is 0.626. The Hall–Kier alpha value is -0.120. The highest BCUT2D eigenvalue weighted by Crippen LogP contribution is 2.02. The van der Waals surface area contributed by atoms with Gasteiger partial charge in [-0.15, -0.1) is 0 Å². The Morgan fingerprint density at radius 3 is 2.46 bits per heavy atom. The van der Waals surface area contributed by atoms with Crippen molar-refractivity contribution in [3.05, 3.63) is 0 Å². The third kappa shape index (κ3) is 6.99. The standard InChI is InChI=1S/C10H23NO2/c1-5-10(7-11-4)13-9(3)8-12-6-2/h9-11H,5-8H2,1-4H3. The van der Waals surface area contributed by atoms with Gasteiger partial charge < -0.3 is 14.8 Å². The Bertz CT molecular complexity index is 109. The van der Waals surface area contributed by atoms with Gasteiger partial charge in [-0.2, -0.15) is 0 Å². The van der Waals surface area contributed by atoms with Crippen molar-refractivity contribution in [2.45, 2.75) is 39.4 Å². The molecule has 0 saturated heterocycles. The van der Waals surface area contributed by atoms with Crippen LogP contribution in [0.3, 0.4) is 0 Å². The van der Waals surface area contributed by atoms with Crippen LogP contribution >= 0.6 is 0 Å². The molecule has 80 valence electrons. The van der Waals surface area contributed by atoms with E-state index in [9.17, 15) is 0 Å². The fraction of sp³-hybridized carbons (Fsp3) is 1.00. The van der Waals surface area contributed by atoms with E-state index in [1.54, 1.807) is 0 Å². The molecular formula is C10H23NO2. The maximum atomic E-state index is 5.75. The summed E-state index contributed by atoms with van der Waals surface area (Å²) in [4.78, 5) is 0. The first-order valence-electron chi connectivity index (χ1n) is 5.12. The molecule has 0 aromatic heterocycles. The summed E-state index contributed by atoms with van der Waals surface area (Å²) in [5.74, 6) is 0. The van der Waals surface area contributed by atoms with E-state index in [4.69, 9.17) is 9.47 Å². The molecule has 2 unspecified atom stereocenters. The monoisotopic (exact) mass is 189 g/mol. The van der Waals surface area contributed by atoms with Gasteiger partial charge in [0.25, 0.3) is 0 Å². The second-order valence-corrected chi connectivity index (χ2v) is 3.19. The van der Waals surface area contributed by atoms with Gasteiger partial charge in [0.2, 0.25) is 0 Å². The fourth-order valence-corrected chi connectivity index (χ4v) is 1.17. The Morgan fingerprint density at radius 2 is 2.00 bits per heavy atom. The molecule has 0 aromatic carbocycles. The van der Waals surface area contributed by atoms with E-state index >= 15 is 0 Å². The van der Waals surface area contributed by atoms with E-state index in [0.29, 0.717) is 12.7 Å². The third-order valence-corrected chi connectivity index (χ3v) is 1.87. The van der Waals surface area contributed by atoms with Crippen LogP contribution in [-0.4, -0.2) is 39.0 Å². The minimum Gasteiger partial charge on any atom is -0.379 e. The topological polar surface area (TPSA) is 30.5 Å². The average Bonchev–Trinajstić information content (AvgIpc) is 2.14. The summed E-state index contributed by atoms with van der Waals surface area (Å²) in [7, 11) is 1.94. The van der Waals surface area contributed by atoms with Crippen molar-refractivity contribution in [3.8, 4) is 0 Å². The molecule has 0 spiro atoms. The van der Waals surface area contributed by atoms with Crippen LogP contribution in [0.1, 0.15) is 27.2 Å². The van der Waals surface area contributed by atoms with Gasteiger partial charge in [0.1, 0.15) is 0 Å². The zero-order chi connectivity index (χ0) is 10.1. The molecule has 0 aliphatic carbocycles. The number of hydrogen-bond acceptors (Lipinski definition) is 3. The summed E-state index contributed by atoms with van der Waals surface area (Å²) < 4.78 is 11.0. The Balaban J connectivity index is 3.53. The minimum absolute atomic E-state index is 0.193. The summed E-state index contributed by atoms with van der Waals surface area (Å²) in [6.07, 6.45) is 1.54. The Labute approximate surface area is 81.8 Å². The van der Waals surface area contributed by atoms with E-state index in [-0.39, 0.29) is 6.10 Å². The van der Waals surface area contributed by atoms with Gasteiger partial charge in [-0.1, -0.05) is 6.92 Å². The molecule has 3 nitrogen and oxygen atoms in total. The van der Waals surface area contributed by atoms with Crippen molar-refractivity contribution in [2.75, 3.05) is 26.8 Å².